The normalized spacial score (nSPS) is 22.8. The number of morpholine rings is 1. The van der Waals surface area contributed by atoms with Crippen molar-refractivity contribution < 1.29 is 14.3 Å². The van der Waals surface area contributed by atoms with Gasteiger partial charge in [-0.1, -0.05) is 23.7 Å². The lowest BCUT2D eigenvalue weighted by Gasteiger charge is -2.33. The minimum atomic E-state index is 0.00773. The van der Waals surface area contributed by atoms with Gasteiger partial charge in [0.25, 0.3) is 0 Å². The summed E-state index contributed by atoms with van der Waals surface area (Å²) in [6.45, 7) is 3.78. The van der Waals surface area contributed by atoms with Gasteiger partial charge in [0, 0.05) is 39.0 Å². The predicted octanol–water partition coefficient (Wildman–Crippen LogP) is 2.09. The highest BCUT2D eigenvalue weighted by Crippen LogP contribution is 2.27. The average Bonchev–Trinajstić information content (AvgIpc) is 2.58. The maximum Gasteiger partial charge on any atom is 0.225 e. The van der Waals surface area contributed by atoms with Crippen LogP contribution >= 0.6 is 11.6 Å². The number of carbonyl (C=O) groups is 1. The zero-order valence-electron chi connectivity index (χ0n) is 13.2. The molecule has 1 atom stereocenters. The van der Waals surface area contributed by atoms with Crippen molar-refractivity contribution in [3.05, 3.63) is 29.3 Å². The van der Waals surface area contributed by atoms with Gasteiger partial charge >= 0.3 is 0 Å². The molecule has 0 bridgehead atoms. The van der Waals surface area contributed by atoms with E-state index in [0.717, 1.165) is 44.8 Å². The van der Waals surface area contributed by atoms with Crippen LogP contribution in [0.2, 0.25) is 5.02 Å². The number of hydrogen-bond acceptors (Lipinski definition) is 4. The van der Waals surface area contributed by atoms with Crippen LogP contribution in [0.3, 0.4) is 0 Å². The maximum absolute atomic E-state index is 12.3. The van der Waals surface area contributed by atoms with E-state index in [9.17, 15) is 4.79 Å². The first-order valence-electron chi connectivity index (χ1n) is 8.23. The van der Waals surface area contributed by atoms with Crippen molar-refractivity contribution in [1.29, 1.82) is 0 Å². The SMILES string of the molecule is O=C(CC1CNCCO1)N1CCC(Oc2ccccc2Cl)CC1. The van der Waals surface area contributed by atoms with E-state index in [1.54, 1.807) is 0 Å². The topological polar surface area (TPSA) is 50.8 Å². The lowest BCUT2D eigenvalue weighted by atomic mass is 10.1. The molecule has 2 aliphatic heterocycles. The van der Waals surface area contributed by atoms with E-state index in [1.807, 2.05) is 29.2 Å². The molecule has 6 heteroatoms. The van der Waals surface area contributed by atoms with Crippen LogP contribution in [0, 0.1) is 0 Å². The van der Waals surface area contributed by atoms with E-state index >= 15 is 0 Å². The van der Waals surface area contributed by atoms with Crippen LogP contribution in [0.1, 0.15) is 19.3 Å². The largest absolute Gasteiger partial charge is 0.489 e. The number of nitrogens with one attached hydrogen (secondary N) is 1. The van der Waals surface area contributed by atoms with Gasteiger partial charge in [0.1, 0.15) is 11.9 Å². The van der Waals surface area contributed by atoms with E-state index in [1.165, 1.54) is 0 Å². The molecule has 2 heterocycles. The molecule has 1 aromatic rings. The number of para-hydroxylation sites is 1. The highest BCUT2D eigenvalue weighted by molar-refractivity contribution is 6.32. The lowest BCUT2D eigenvalue weighted by molar-refractivity contribution is -0.136. The van der Waals surface area contributed by atoms with Crippen molar-refractivity contribution in [2.24, 2.45) is 0 Å². The standard InChI is InChI=1S/C17H23ClN2O3/c18-15-3-1-2-4-16(15)23-13-5-8-20(9-6-13)17(21)11-14-12-19-7-10-22-14/h1-4,13-14,19H,5-12H2. The molecule has 2 fully saturated rings. The van der Waals surface area contributed by atoms with Gasteiger partial charge in [0.2, 0.25) is 5.91 Å². The van der Waals surface area contributed by atoms with E-state index in [0.29, 0.717) is 18.1 Å². The molecule has 1 unspecified atom stereocenters. The molecule has 23 heavy (non-hydrogen) atoms. The molecule has 2 saturated heterocycles. The van der Waals surface area contributed by atoms with Crippen molar-refractivity contribution in [1.82, 2.24) is 10.2 Å². The number of hydrogen-bond donors (Lipinski definition) is 1. The molecule has 0 aliphatic carbocycles. The molecular formula is C17H23ClN2O3. The number of rotatable bonds is 4. The summed E-state index contributed by atoms with van der Waals surface area (Å²) >= 11 is 6.12. The molecule has 1 N–H and O–H groups in total. The zero-order valence-corrected chi connectivity index (χ0v) is 13.9. The van der Waals surface area contributed by atoms with Gasteiger partial charge in [-0.05, 0) is 12.1 Å². The molecule has 3 rings (SSSR count). The van der Waals surface area contributed by atoms with Crippen LogP contribution in [0.25, 0.3) is 0 Å². The van der Waals surface area contributed by atoms with E-state index in [2.05, 4.69) is 5.32 Å². The first kappa shape index (κ1) is 16.6. The van der Waals surface area contributed by atoms with Crippen molar-refractivity contribution in [3.63, 3.8) is 0 Å². The predicted molar refractivity (Wildman–Crippen MR) is 88.9 cm³/mol. The number of halogens is 1. The number of benzene rings is 1. The Kier molecular flexibility index (Phi) is 5.75. The Labute approximate surface area is 141 Å². The van der Waals surface area contributed by atoms with Crippen molar-refractivity contribution >= 4 is 17.5 Å². The van der Waals surface area contributed by atoms with Crippen LogP contribution < -0.4 is 10.1 Å². The van der Waals surface area contributed by atoms with Gasteiger partial charge in [-0.15, -0.1) is 0 Å². The first-order valence-corrected chi connectivity index (χ1v) is 8.61. The number of nitrogens with zero attached hydrogens (tertiary/aromatic N) is 1. The second-order valence-corrected chi connectivity index (χ2v) is 6.44. The first-order chi connectivity index (χ1) is 11.2. The summed E-state index contributed by atoms with van der Waals surface area (Å²) in [5, 5.41) is 3.89. The van der Waals surface area contributed by atoms with Crippen LogP contribution in [0.15, 0.2) is 24.3 Å². The molecule has 1 amide bonds. The average molecular weight is 339 g/mol. The number of ether oxygens (including phenoxy) is 2. The Morgan fingerprint density at radius 1 is 1.35 bits per heavy atom. The molecule has 2 aliphatic rings. The third kappa shape index (κ3) is 4.59. The van der Waals surface area contributed by atoms with E-state index < -0.39 is 0 Å². The summed E-state index contributed by atoms with van der Waals surface area (Å²) in [5.41, 5.74) is 0. The minimum Gasteiger partial charge on any atom is -0.489 e. The van der Waals surface area contributed by atoms with Gasteiger partial charge in [-0.25, -0.2) is 0 Å². The van der Waals surface area contributed by atoms with Gasteiger partial charge < -0.3 is 19.7 Å². The van der Waals surface area contributed by atoms with Gasteiger partial charge in [-0.3, -0.25) is 4.79 Å². The number of likely N-dealkylation sites (tertiary alicyclic amines) is 1. The minimum absolute atomic E-state index is 0.00773. The Bertz CT molecular complexity index is 526. The molecule has 1 aromatic carbocycles. The van der Waals surface area contributed by atoms with Crippen molar-refractivity contribution in [2.75, 3.05) is 32.8 Å². The highest BCUT2D eigenvalue weighted by atomic mass is 35.5. The Hall–Kier alpha value is -1.30. The van der Waals surface area contributed by atoms with Crippen molar-refractivity contribution in [3.8, 4) is 5.75 Å². The van der Waals surface area contributed by atoms with E-state index in [-0.39, 0.29) is 18.1 Å². The smallest absolute Gasteiger partial charge is 0.225 e. The Morgan fingerprint density at radius 3 is 2.83 bits per heavy atom. The van der Waals surface area contributed by atoms with Crippen LogP contribution in [0.5, 0.6) is 5.75 Å². The molecule has 0 aromatic heterocycles. The van der Waals surface area contributed by atoms with Gasteiger partial charge in [0.05, 0.1) is 24.2 Å². The van der Waals surface area contributed by atoms with Gasteiger partial charge in [0.15, 0.2) is 0 Å². The summed E-state index contributed by atoms with van der Waals surface area (Å²) in [5.74, 6) is 0.899. The summed E-state index contributed by atoms with van der Waals surface area (Å²) in [4.78, 5) is 14.3. The van der Waals surface area contributed by atoms with Gasteiger partial charge in [-0.2, -0.15) is 0 Å². The Balaban J connectivity index is 1.44. The third-order valence-electron chi connectivity index (χ3n) is 4.33. The quantitative estimate of drug-likeness (QED) is 0.913. The Morgan fingerprint density at radius 2 is 2.13 bits per heavy atom. The molecule has 0 saturated carbocycles. The molecule has 0 spiro atoms. The number of carbonyl (C=O) groups excluding carboxylic acids is 1. The van der Waals surface area contributed by atoms with Crippen LogP contribution in [-0.2, 0) is 9.53 Å². The summed E-state index contributed by atoms with van der Waals surface area (Å²) in [7, 11) is 0. The van der Waals surface area contributed by atoms with Crippen LogP contribution in [0.4, 0.5) is 0 Å². The van der Waals surface area contributed by atoms with Crippen LogP contribution in [-0.4, -0.2) is 55.8 Å². The molecular weight excluding hydrogens is 316 g/mol. The summed E-state index contributed by atoms with van der Waals surface area (Å²) < 4.78 is 11.6. The van der Waals surface area contributed by atoms with Crippen molar-refractivity contribution in [2.45, 2.75) is 31.5 Å². The third-order valence-corrected chi connectivity index (χ3v) is 4.64. The molecule has 5 nitrogen and oxygen atoms in total. The molecule has 0 radical (unpaired) electrons. The monoisotopic (exact) mass is 338 g/mol. The fraction of sp³-hybridized carbons (Fsp3) is 0.588. The fourth-order valence-corrected chi connectivity index (χ4v) is 3.20. The summed E-state index contributed by atoms with van der Waals surface area (Å²) in [6, 6.07) is 7.51. The molecule has 126 valence electrons. The summed E-state index contributed by atoms with van der Waals surface area (Å²) in [6.07, 6.45) is 2.25. The fourth-order valence-electron chi connectivity index (χ4n) is 3.02. The lowest BCUT2D eigenvalue weighted by Crippen LogP contribution is -2.45. The second kappa shape index (κ2) is 7.99. The number of amides is 1. The zero-order chi connectivity index (χ0) is 16.1. The van der Waals surface area contributed by atoms with E-state index in [4.69, 9.17) is 21.1 Å². The maximum atomic E-state index is 12.3. The number of piperidine rings is 1. The highest BCUT2D eigenvalue weighted by Gasteiger charge is 2.26. The second-order valence-electron chi connectivity index (χ2n) is 6.03.